The number of imidazole rings is 1. The van der Waals surface area contributed by atoms with Gasteiger partial charge in [-0.15, -0.1) is 0 Å². The molecule has 1 aromatic rings. The first-order chi connectivity index (χ1) is 6.47. The highest BCUT2D eigenvalue weighted by atomic mass is 16.1. The zero-order valence-electron chi connectivity index (χ0n) is 8.73. The number of rotatable bonds is 3. The van der Waals surface area contributed by atoms with E-state index >= 15 is 0 Å². The Hall–Kier alpha value is -1.03. The lowest BCUT2D eigenvalue weighted by atomic mass is 10.1. The SMILES string of the molecule is CC(C)(N)Cn1ccn(C2CC2)c1=O. The Labute approximate surface area is 83.3 Å². The third-order valence-corrected chi connectivity index (χ3v) is 2.39. The fourth-order valence-electron chi connectivity index (χ4n) is 1.62. The molecule has 1 fully saturated rings. The quantitative estimate of drug-likeness (QED) is 0.772. The van der Waals surface area contributed by atoms with Crippen LogP contribution < -0.4 is 11.4 Å². The van der Waals surface area contributed by atoms with Gasteiger partial charge >= 0.3 is 5.69 Å². The smallest absolute Gasteiger partial charge is 0.324 e. The lowest BCUT2D eigenvalue weighted by Gasteiger charge is -2.18. The van der Waals surface area contributed by atoms with Crippen molar-refractivity contribution in [3.05, 3.63) is 22.9 Å². The number of nitrogens with two attached hydrogens (primary N) is 1. The summed E-state index contributed by atoms with van der Waals surface area (Å²) in [5.74, 6) is 0. The van der Waals surface area contributed by atoms with Crippen LogP contribution in [0.5, 0.6) is 0 Å². The third-order valence-electron chi connectivity index (χ3n) is 2.39. The van der Waals surface area contributed by atoms with Gasteiger partial charge < -0.3 is 5.73 Å². The van der Waals surface area contributed by atoms with Crippen molar-refractivity contribution in [2.45, 2.75) is 44.8 Å². The average Bonchev–Trinajstić information content (AvgIpc) is 2.79. The van der Waals surface area contributed by atoms with Gasteiger partial charge in [0.2, 0.25) is 0 Å². The van der Waals surface area contributed by atoms with Crippen molar-refractivity contribution < 1.29 is 0 Å². The molecule has 0 bridgehead atoms. The van der Waals surface area contributed by atoms with E-state index in [-0.39, 0.29) is 11.2 Å². The number of aromatic nitrogens is 2. The van der Waals surface area contributed by atoms with E-state index in [2.05, 4.69) is 0 Å². The minimum Gasteiger partial charge on any atom is -0.324 e. The molecule has 0 amide bonds. The summed E-state index contributed by atoms with van der Waals surface area (Å²) in [4.78, 5) is 11.8. The molecule has 0 radical (unpaired) electrons. The molecule has 1 aromatic heterocycles. The van der Waals surface area contributed by atoms with Crippen molar-refractivity contribution in [1.29, 1.82) is 0 Å². The summed E-state index contributed by atoms with van der Waals surface area (Å²) < 4.78 is 3.50. The zero-order valence-corrected chi connectivity index (χ0v) is 8.73. The van der Waals surface area contributed by atoms with Gasteiger partial charge in [-0.2, -0.15) is 0 Å². The van der Waals surface area contributed by atoms with Crippen LogP contribution in [0.25, 0.3) is 0 Å². The molecule has 2 N–H and O–H groups in total. The molecule has 14 heavy (non-hydrogen) atoms. The number of nitrogens with zero attached hydrogens (tertiary/aromatic N) is 2. The van der Waals surface area contributed by atoms with E-state index in [1.807, 2.05) is 30.8 Å². The van der Waals surface area contributed by atoms with Gasteiger partial charge in [0.05, 0.1) is 0 Å². The third kappa shape index (κ3) is 1.90. The summed E-state index contributed by atoms with van der Waals surface area (Å²) in [5.41, 5.74) is 5.61. The lowest BCUT2D eigenvalue weighted by Crippen LogP contribution is -2.40. The summed E-state index contributed by atoms with van der Waals surface area (Å²) in [7, 11) is 0. The second-order valence-corrected chi connectivity index (χ2v) is 4.84. The van der Waals surface area contributed by atoms with Crippen molar-refractivity contribution in [1.82, 2.24) is 9.13 Å². The van der Waals surface area contributed by atoms with Crippen molar-refractivity contribution in [3.8, 4) is 0 Å². The van der Waals surface area contributed by atoms with Gasteiger partial charge in [0.25, 0.3) is 0 Å². The largest absolute Gasteiger partial charge is 0.328 e. The molecule has 0 aromatic carbocycles. The van der Waals surface area contributed by atoms with Crippen molar-refractivity contribution in [3.63, 3.8) is 0 Å². The predicted molar refractivity (Wildman–Crippen MR) is 55.2 cm³/mol. The minimum atomic E-state index is -0.334. The molecular weight excluding hydrogens is 178 g/mol. The standard InChI is InChI=1S/C10H17N3O/c1-10(2,11)7-12-5-6-13(9(12)14)8-3-4-8/h5-6,8H,3-4,7,11H2,1-2H3. The van der Waals surface area contributed by atoms with Crippen LogP contribution in [0.1, 0.15) is 32.7 Å². The first-order valence-corrected chi connectivity index (χ1v) is 5.03. The Morgan fingerprint density at radius 1 is 1.50 bits per heavy atom. The number of hydrogen-bond acceptors (Lipinski definition) is 2. The normalized spacial score (nSPS) is 17.4. The molecule has 1 aliphatic rings. The van der Waals surface area contributed by atoms with Crippen molar-refractivity contribution in [2.75, 3.05) is 0 Å². The van der Waals surface area contributed by atoms with E-state index < -0.39 is 0 Å². The molecule has 0 unspecified atom stereocenters. The van der Waals surface area contributed by atoms with E-state index in [0.29, 0.717) is 12.6 Å². The predicted octanol–water partition coefficient (Wildman–Crippen LogP) is 0.722. The molecule has 0 spiro atoms. The molecule has 4 heteroatoms. The summed E-state index contributed by atoms with van der Waals surface area (Å²) in [6.45, 7) is 4.42. The maximum absolute atomic E-state index is 11.8. The Balaban J connectivity index is 2.23. The van der Waals surface area contributed by atoms with Gasteiger partial charge in [-0.25, -0.2) is 4.79 Å². The summed E-state index contributed by atoms with van der Waals surface area (Å²) in [6.07, 6.45) is 5.97. The van der Waals surface area contributed by atoms with E-state index in [1.165, 1.54) is 0 Å². The van der Waals surface area contributed by atoms with Crippen LogP contribution in [0.2, 0.25) is 0 Å². The molecule has 0 atom stereocenters. The zero-order chi connectivity index (χ0) is 10.3. The summed E-state index contributed by atoms with van der Waals surface area (Å²) >= 11 is 0. The molecule has 1 saturated carbocycles. The van der Waals surface area contributed by atoms with E-state index in [1.54, 1.807) is 4.57 Å². The van der Waals surface area contributed by atoms with Gasteiger partial charge in [-0.3, -0.25) is 9.13 Å². The van der Waals surface area contributed by atoms with Gasteiger partial charge in [-0.05, 0) is 26.7 Å². The van der Waals surface area contributed by atoms with Crippen LogP contribution in [-0.4, -0.2) is 14.7 Å². The topological polar surface area (TPSA) is 52.9 Å². The monoisotopic (exact) mass is 195 g/mol. The molecular formula is C10H17N3O. The number of hydrogen-bond donors (Lipinski definition) is 1. The molecule has 4 nitrogen and oxygen atoms in total. The van der Waals surface area contributed by atoms with Crippen LogP contribution in [0.15, 0.2) is 17.2 Å². The van der Waals surface area contributed by atoms with E-state index in [0.717, 1.165) is 12.8 Å². The summed E-state index contributed by atoms with van der Waals surface area (Å²) in [6, 6.07) is 0.449. The van der Waals surface area contributed by atoms with Crippen LogP contribution in [0.4, 0.5) is 0 Å². The van der Waals surface area contributed by atoms with Crippen LogP contribution in [0.3, 0.4) is 0 Å². The highest BCUT2D eigenvalue weighted by Crippen LogP contribution is 2.33. The van der Waals surface area contributed by atoms with E-state index in [4.69, 9.17) is 5.73 Å². The molecule has 78 valence electrons. The van der Waals surface area contributed by atoms with Gasteiger partial charge in [-0.1, -0.05) is 0 Å². The van der Waals surface area contributed by atoms with Crippen LogP contribution in [-0.2, 0) is 6.54 Å². The first-order valence-electron chi connectivity index (χ1n) is 5.03. The fraction of sp³-hybridized carbons (Fsp3) is 0.700. The maximum atomic E-state index is 11.8. The highest BCUT2D eigenvalue weighted by Gasteiger charge is 2.26. The fourth-order valence-corrected chi connectivity index (χ4v) is 1.62. The highest BCUT2D eigenvalue weighted by molar-refractivity contribution is 4.92. The minimum absolute atomic E-state index is 0.0750. The van der Waals surface area contributed by atoms with Crippen LogP contribution in [0, 0.1) is 0 Å². The lowest BCUT2D eigenvalue weighted by molar-refractivity contribution is 0.422. The van der Waals surface area contributed by atoms with Gasteiger partial charge in [0, 0.05) is 30.5 Å². The second kappa shape index (κ2) is 2.98. The van der Waals surface area contributed by atoms with E-state index in [9.17, 15) is 4.79 Å². The summed E-state index contributed by atoms with van der Waals surface area (Å²) in [5, 5.41) is 0. The van der Waals surface area contributed by atoms with Gasteiger partial charge in [0.1, 0.15) is 0 Å². The first kappa shape index (κ1) is 9.52. The Morgan fingerprint density at radius 2 is 2.14 bits per heavy atom. The Morgan fingerprint density at radius 3 is 2.64 bits per heavy atom. The molecule has 0 aliphatic heterocycles. The molecule has 1 heterocycles. The average molecular weight is 195 g/mol. The van der Waals surface area contributed by atoms with Crippen molar-refractivity contribution >= 4 is 0 Å². The van der Waals surface area contributed by atoms with Gasteiger partial charge in [0.15, 0.2) is 0 Å². The molecule has 2 rings (SSSR count). The maximum Gasteiger partial charge on any atom is 0.328 e. The van der Waals surface area contributed by atoms with Crippen LogP contribution >= 0.6 is 0 Å². The van der Waals surface area contributed by atoms with Crippen molar-refractivity contribution in [2.24, 2.45) is 5.73 Å². The molecule has 1 aliphatic carbocycles. The second-order valence-electron chi connectivity index (χ2n) is 4.84. The Kier molecular flexibility index (Phi) is 2.03. The molecule has 0 saturated heterocycles. The Bertz CT molecular complexity index is 379.